The van der Waals surface area contributed by atoms with E-state index in [9.17, 15) is 0 Å². The van der Waals surface area contributed by atoms with Crippen molar-refractivity contribution in [3.05, 3.63) is 11.3 Å². The maximum Gasteiger partial charge on any atom is 0.319 e. The summed E-state index contributed by atoms with van der Waals surface area (Å²) in [6.07, 6.45) is 0. The lowest BCUT2D eigenvalue weighted by Gasteiger charge is -2.14. The van der Waals surface area contributed by atoms with Gasteiger partial charge >= 0.3 is 6.01 Å². The topological polar surface area (TPSA) is 70.3 Å². The maximum atomic E-state index is 5.66. The Hall–Kier alpha value is -1.36. The minimum atomic E-state index is 0.259. The molecule has 1 aromatic rings. The summed E-state index contributed by atoms with van der Waals surface area (Å²) in [5.74, 6) is 0.752. The molecule has 84 valence electrons. The van der Waals surface area contributed by atoms with Crippen molar-refractivity contribution in [2.45, 2.75) is 26.3 Å². The van der Waals surface area contributed by atoms with Crippen molar-refractivity contribution in [2.24, 2.45) is 5.73 Å². The molecule has 0 amide bonds. The molecule has 15 heavy (non-hydrogen) atoms. The van der Waals surface area contributed by atoms with E-state index in [0.717, 1.165) is 11.3 Å². The lowest BCUT2D eigenvalue weighted by molar-refractivity contribution is 0.345. The van der Waals surface area contributed by atoms with Crippen LogP contribution in [0.4, 0.5) is 0 Å². The molecule has 1 rings (SSSR count). The number of rotatable bonds is 4. The number of methoxy groups -OCH3 is 2. The lowest BCUT2D eigenvalue weighted by atomic mass is 10.1. The van der Waals surface area contributed by atoms with E-state index in [1.54, 1.807) is 7.11 Å². The minimum absolute atomic E-state index is 0.259. The molecule has 1 aromatic heterocycles. The molecule has 2 N–H and O–H groups in total. The Bertz CT molecular complexity index is 340. The van der Waals surface area contributed by atoms with Gasteiger partial charge in [0.2, 0.25) is 5.88 Å². The van der Waals surface area contributed by atoms with Crippen LogP contribution in [-0.2, 0) is 6.54 Å². The van der Waals surface area contributed by atoms with Gasteiger partial charge in [-0.15, -0.1) is 0 Å². The zero-order chi connectivity index (χ0) is 11.4. The Balaban J connectivity index is 3.32. The molecule has 0 radical (unpaired) electrons. The average Bonchev–Trinajstić information content (AvgIpc) is 2.26. The van der Waals surface area contributed by atoms with Crippen molar-refractivity contribution in [1.29, 1.82) is 0 Å². The van der Waals surface area contributed by atoms with Crippen molar-refractivity contribution in [3.63, 3.8) is 0 Å². The van der Waals surface area contributed by atoms with Crippen molar-refractivity contribution < 1.29 is 9.47 Å². The van der Waals surface area contributed by atoms with Crippen molar-refractivity contribution in [2.75, 3.05) is 14.2 Å². The SMILES string of the molecule is COc1nc(OC)c(CN)c(C(C)C)n1. The molecule has 0 aromatic carbocycles. The number of hydrogen-bond acceptors (Lipinski definition) is 5. The third kappa shape index (κ3) is 2.36. The Kier molecular flexibility index (Phi) is 3.85. The Morgan fingerprint density at radius 1 is 1.20 bits per heavy atom. The highest BCUT2D eigenvalue weighted by atomic mass is 16.5. The average molecular weight is 211 g/mol. The van der Waals surface area contributed by atoms with Crippen LogP contribution in [0.3, 0.4) is 0 Å². The number of aromatic nitrogens is 2. The first-order valence-electron chi connectivity index (χ1n) is 4.82. The van der Waals surface area contributed by atoms with E-state index in [1.165, 1.54) is 7.11 Å². The Labute approximate surface area is 89.6 Å². The predicted octanol–water partition coefficient (Wildman–Crippen LogP) is 1.08. The van der Waals surface area contributed by atoms with Gasteiger partial charge in [-0.2, -0.15) is 9.97 Å². The highest BCUT2D eigenvalue weighted by molar-refractivity contribution is 5.34. The molecular weight excluding hydrogens is 194 g/mol. The van der Waals surface area contributed by atoms with E-state index in [1.807, 2.05) is 13.8 Å². The summed E-state index contributed by atoms with van der Waals surface area (Å²) < 4.78 is 10.2. The van der Waals surface area contributed by atoms with Crippen LogP contribution in [0.15, 0.2) is 0 Å². The Morgan fingerprint density at radius 2 is 1.87 bits per heavy atom. The van der Waals surface area contributed by atoms with E-state index in [4.69, 9.17) is 15.2 Å². The van der Waals surface area contributed by atoms with E-state index < -0.39 is 0 Å². The van der Waals surface area contributed by atoms with Gasteiger partial charge in [0.05, 0.1) is 19.9 Å². The molecule has 1 heterocycles. The quantitative estimate of drug-likeness (QED) is 0.806. The largest absolute Gasteiger partial charge is 0.481 e. The molecule has 0 saturated heterocycles. The summed E-state index contributed by atoms with van der Waals surface area (Å²) in [6.45, 7) is 4.45. The van der Waals surface area contributed by atoms with E-state index in [2.05, 4.69) is 9.97 Å². The highest BCUT2D eigenvalue weighted by Gasteiger charge is 2.16. The van der Waals surface area contributed by atoms with Gasteiger partial charge in [-0.05, 0) is 5.92 Å². The van der Waals surface area contributed by atoms with Gasteiger partial charge in [-0.25, -0.2) is 0 Å². The summed E-state index contributed by atoms with van der Waals surface area (Å²) in [4.78, 5) is 8.36. The molecular formula is C10H17N3O2. The van der Waals surface area contributed by atoms with Crippen LogP contribution in [0.2, 0.25) is 0 Å². The second-order valence-corrected chi connectivity index (χ2v) is 3.44. The molecule has 0 aliphatic rings. The molecule has 5 nitrogen and oxygen atoms in total. The number of ether oxygens (including phenoxy) is 2. The zero-order valence-electron chi connectivity index (χ0n) is 9.57. The summed E-state index contributed by atoms with van der Waals surface area (Å²) in [7, 11) is 3.09. The van der Waals surface area contributed by atoms with Crippen molar-refractivity contribution in [1.82, 2.24) is 9.97 Å². The molecule has 0 bridgehead atoms. The van der Waals surface area contributed by atoms with Crippen LogP contribution in [0.5, 0.6) is 11.9 Å². The molecule has 0 fully saturated rings. The second-order valence-electron chi connectivity index (χ2n) is 3.44. The van der Waals surface area contributed by atoms with Crippen molar-refractivity contribution in [3.8, 4) is 11.9 Å². The molecule has 0 atom stereocenters. The van der Waals surface area contributed by atoms with Gasteiger partial charge in [-0.1, -0.05) is 13.8 Å². The third-order valence-corrected chi connectivity index (χ3v) is 2.11. The van der Waals surface area contributed by atoms with Gasteiger partial charge < -0.3 is 15.2 Å². The monoisotopic (exact) mass is 211 g/mol. The zero-order valence-corrected chi connectivity index (χ0v) is 9.57. The molecule has 0 aliphatic heterocycles. The molecule has 0 aliphatic carbocycles. The fourth-order valence-electron chi connectivity index (χ4n) is 1.39. The van der Waals surface area contributed by atoms with Crippen LogP contribution < -0.4 is 15.2 Å². The first-order valence-corrected chi connectivity index (χ1v) is 4.82. The van der Waals surface area contributed by atoms with E-state index in [0.29, 0.717) is 18.4 Å². The second kappa shape index (κ2) is 4.93. The third-order valence-electron chi connectivity index (χ3n) is 2.11. The molecule has 0 unspecified atom stereocenters. The van der Waals surface area contributed by atoms with Crippen LogP contribution in [0.1, 0.15) is 31.0 Å². The maximum absolute atomic E-state index is 5.66. The van der Waals surface area contributed by atoms with Gasteiger partial charge in [0.15, 0.2) is 0 Å². The standard InChI is InChI=1S/C10H17N3O2/c1-6(2)8-7(5-11)9(14-3)13-10(12-8)15-4/h6H,5,11H2,1-4H3. The lowest BCUT2D eigenvalue weighted by Crippen LogP contribution is -2.10. The fraction of sp³-hybridized carbons (Fsp3) is 0.600. The summed E-state index contributed by atoms with van der Waals surface area (Å²) in [5.41, 5.74) is 7.37. The molecule has 0 saturated carbocycles. The highest BCUT2D eigenvalue weighted by Crippen LogP contribution is 2.26. The summed E-state index contributed by atoms with van der Waals surface area (Å²) >= 11 is 0. The summed E-state index contributed by atoms with van der Waals surface area (Å²) in [5, 5.41) is 0. The van der Waals surface area contributed by atoms with Crippen LogP contribution >= 0.6 is 0 Å². The van der Waals surface area contributed by atoms with Gasteiger partial charge in [0, 0.05) is 12.1 Å². The first-order chi connectivity index (χ1) is 7.13. The van der Waals surface area contributed by atoms with Crippen LogP contribution in [0.25, 0.3) is 0 Å². The van der Waals surface area contributed by atoms with Gasteiger partial charge in [0.1, 0.15) is 0 Å². The minimum Gasteiger partial charge on any atom is -0.481 e. The first kappa shape index (κ1) is 11.7. The van der Waals surface area contributed by atoms with Gasteiger partial charge in [0.25, 0.3) is 0 Å². The van der Waals surface area contributed by atoms with E-state index >= 15 is 0 Å². The van der Waals surface area contributed by atoms with Gasteiger partial charge in [-0.3, -0.25) is 0 Å². The number of nitrogens with zero attached hydrogens (tertiary/aromatic N) is 2. The van der Waals surface area contributed by atoms with Crippen LogP contribution in [0, 0.1) is 0 Å². The van der Waals surface area contributed by atoms with Crippen molar-refractivity contribution >= 4 is 0 Å². The molecule has 5 heteroatoms. The van der Waals surface area contributed by atoms with E-state index in [-0.39, 0.29) is 5.92 Å². The Morgan fingerprint density at radius 3 is 2.27 bits per heavy atom. The summed E-state index contributed by atoms with van der Waals surface area (Å²) in [6, 6.07) is 0.313. The van der Waals surface area contributed by atoms with Crippen LogP contribution in [-0.4, -0.2) is 24.2 Å². The number of nitrogens with two attached hydrogens (primary N) is 1. The fourth-order valence-corrected chi connectivity index (χ4v) is 1.39. The number of hydrogen-bond donors (Lipinski definition) is 1. The predicted molar refractivity (Wildman–Crippen MR) is 57.1 cm³/mol. The smallest absolute Gasteiger partial charge is 0.319 e. The molecule has 0 spiro atoms. The normalized spacial score (nSPS) is 10.5.